The van der Waals surface area contributed by atoms with Crippen LogP contribution in [0.3, 0.4) is 0 Å². The molecule has 0 radical (unpaired) electrons. The molecule has 0 bridgehead atoms. The van der Waals surface area contributed by atoms with Crippen LogP contribution < -0.4 is 0 Å². The van der Waals surface area contributed by atoms with Crippen LogP contribution in [-0.2, 0) is 0 Å². The van der Waals surface area contributed by atoms with Crippen molar-refractivity contribution in [2.75, 3.05) is 12.4 Å². The summed E-state index contributed by atoms with van der Waals surface area (Å²) in [7, 11) is 2.27. The molecular weight excluding hydrogens is 214 g/mol. The highest BCUT2D eigenvalue weighted by molar-refractivity contribution is 9.09. The minimum atomic E-state index is 0.688. The maximum atomic E-state index is 3.54. The van der Waals surface area contributed by atoms with Crippen LogP contribution in [0.2, 0.25) is 0 Å². The molecule has 0 aliphatic heterocycles. The zero-order chi connectivity index (χ0) is 8.97. The first-order chi connectivity index (χ1) is 5.75. The highest BCUT2D eigenvalue weighted by atomic mass is 79.9. The Morgan fingerprint density at radius 2 is 1.92 bits per heavy atom. The molecule has 1 fully saturated rings. The zero-order valence-electron chi connectivity index (χ0n) is 8.22. The number of alkyl halides is 1. The Morgan fingerprint density at radius 3 is 2.42 bits per heavy atom. The van der Waals surface area contributed by atoms with Crippen molar-refractivity contribution in [3.8, 4) is 0 Å². The van der Waals surface area contributed by atoms with E-state index in [0.29, 0.717) is 6.04 Å². The summed E-state index contributed by atoms with van der Waals surface area (Å²) in [5.41, 5.74) is 0. The lowest BCUT2D eigenvalue weighted by Crippen LogP contribution is -2.40. The molecule has 0 N–H and O–H groups in total. The number of nitrogens with zero attached hydrogens (tertiary/aromatic N) is 1. The van der Waals surface area contributed by atoms with Crippen molar-refractivity contribution in [1.82, 2.24) is 4.90 Å². The molecule has 72 valence electrons. The quantitative estimate of drug-likeness (QED) is 0.678. The monoisotopic (exact) mass is 233 g/mol. The van der Waals surface area contributed by atoms with Crippen LogP contribution in [0.1, 0.15) is 39.0 Å². The summed E-state index contributed by atoms with van der Waals surface area (Å²) in [6.07, 6.45) is 7.14. The molecule has 1 rings (SSSR count). The Bertz CT molecular complexity index is 121. The van der Waals surface area contributed by atoms with Crippen molar-refractivity contribution < 1.29 is 0 Å². The van der Waals surface area contributed by atoms with Crippen molar-refractivity contribution in [3.63, 3.8) is 0 Å². The molecule has 1 aliphatic rings. The van der Waals surface area contributed by atoms with E-state index in [9.17, 15) is 0 Å². The minimum absolute atomic E-state index is 0.688. The minimum Gasteiger partial charge on any atom is -0.300 e. The van der Waals surface area contributed by atoms with Crippen LogP contribution in [-0.4, -0.2) is 29.4 Å². The van der Waals surface area contributed by atoms with Gasteiger partial charge in [-0.15, -0.1) is 0 Å². The summed E-state index contributed by atoms with van der Waals surface area (Å²) in [4.78, 5) is 2.54. The molecule has 1 unspecified atom stereocenters. The van der Waals surface area contributed by atoms with Crippen LogP contribution in [0.5, 0.6) is 0 Å². The first kappa shape index (κ1) is 10.5. The first-order valence-electron chi connectivity index (χ1n) is 5.03. The Hall–Kier alpha value is 0.440. The standard InChI is InChI=1S/C10H20BrN/c1-9(8-11)12(2)10-6-4-3-5-7-10/h9-10H,3-8H2,1-2H3. The van der Waals surface area contributed by atoms with Crippen LogP contribution in [0.4, 0.5) is 0 Å². The summed E-state index contributed by atoms with van der Waals surface area (Å²) in [6.45, 7) is 2.29. The van der Waals surface area contributed by atoms with Crippen molar-refractivity contribution in [3.05, 3.63) is 0 Å². The van der Waals surface area contributed by atoms with Gasteiger partial charge in [0.05, 0.1) is 0 Å². The molecule has 0 aromatic rings. The summed E-state index contributed by atoms with van der Waals surface area (Å²) in [5.74, 6) is 0. The molecule has 0 aromatic carbocycles. The summed E-state index contributed by atoms with van der Waals surface area (Å²) >= 11 is 3.54. The van der Waals surface area contributed by atoms with E-state index < -0.39 is 0 Å². The lowest BCUT2D eigenvalue weighted by molar-refractivity contribution is 0.158. The Labute approximate surface area is 84.6 Å². The second-order valence-corrected chi connectivity index (χ2v) is 4.61. The maximum Gasteiger partial charge on any atom is 0.0185 e. The molecule has 0 aromatic heterocycles. The predicted molar refractivity (Wildman–Crippen MR) is 57.9 cm³/mol. The van der Waals surface area contributed by atoms with Crippen LogP contribution in [0.15, 0.2) is 0 Å². The Balaban J connectivity index is 2.33. The average molecular weight is 234 g/mol. The summed E-state index contributed by atoms with van der Waals surface area (Å²) < 4.78 is 0. The predicted octanol–water partition coefficient (Wildman–Crippen LogP) is 3.03. The average Bonchev–Trinajstić information content (AvgIpc) is 2.17. The number of hydrogen-bond acceptors (Lipinski definition) is 1. The molecule has 1 nitrogen and oxygen atoms in total. The Morgan fingerprint density at radius 1 is 1.33 bits per heavy atom. The van der Waals surface area contributed by atoms with Crippen molar-refractivity contribution in [2.24, 2.45) is 0 Å². The second kappa shape index (κ2) is 5.23. The van der Waals surface area contributed by atoms with Gasteiger partial charge in [-0.1, -0.05) is 35.2 Å². The molecule has 0 heterocycles. The fourth-order valence-corrected chi connectivity index (χ4v) is 2.41. The van der Waals surface area contributed by atoms with Crippen LogP contribution >= 0.6 is 15.9 Å². The fourth-order valence-electron chi connectivity index (χ4n) is 1.96. The zero-order valence-corrected chi connectivity index (χ0v) is 9.81. The molecule has 0 spiro atoms. The normalized spacial score (nSPS) is 23.0. The van der Waals surface area contributed by atoms with Crippen molar-refractivity contribution in [1.29, 1.82) is 0 Å². The van der Waals surface area contributed by atoms with Crippen LogP contribution in [0, 0.1) is 0 Å². The topological polar surface area (TPSA) is 3.24 Å². The van der Waals surface area contributed by atoms with E-state index in [0.717, 1.165) is 11.4 Å². The van der Waals surface area contributed by atoms with Gasteiger partial charge in [0.25, 0.3) is 0 Å². The molecule has 1 atom stereocenters. The fraction of sp³-hybridized carbons (Fsp3) is 1.00. The van der Waals surface area contributed by atoms with E-state index in [2.05, 4.69) is 34.8 Å². The highest BCUT2D eigenvalue weighted by Crippen LogP contribution is 2.23. The molecule has 1 aliphatic carbocycles. The van der Waals surface area contributed by atoms with Gasteiger partial charge in [-0.25, -0.2) is 0 Å². The number of hydrogen-bond donors (Lipinski definition) is 0. The number of rotatable bonds is 3. The summed E-state index contributed by atoms with van der Waals surface area (Å²) in [6, 6.07) is 1.54. The van der Waals surface area contributed by atoms with Gasteiger partial charge in [-0.05, 0) is 26.8 Å². The van der Waals surface area contributed by atoms with Crippen molar-refractivity contribution >= 4 is 15.9 Å². The van der Waals surface area contributed by atoms with E-state index in [4.69, 9.17) is 0 Å². The van der Waals surface area contributed by atoms with Gasteiger partial charge < -0.3 is 0 Å². The lowest BCUT2D eigenvalue weighted by atomic mass is 9.94. The second-order valence-electron chi connectivity index (χ2n) is 3.96. The smallest absolute Gasteiger partial charge is 0.0185 e. The highest BCUT2D eigenvalue weighted by Gasteiger charge is 2.20. The third-order valence-electron chi connectivity index (χ3n) is 3.07. The van der Waals surface area contributed by atoms with Gasteiger partial charge in [0, 0.05) is 17.4 Å². The van der Waals surface area contributed by atoms with Crippen LogP contribution in [0.25, 0.3) is 0 Å². The van der Waals surface area contributed by atoms with E-state index in [1.807, 2.05) is 0 Å². The van der Waals surface area contributed by atoms with Crippen molar-refractivity contribution in [2.45, 2.75) is 51.1 Å². The summed E-state index contributed by atoms with van der Waals surface area (Å²) in [5, 5.41) is 1.10. The van der Waals surface area contributed by atoms with E-state index in [-0.39, 0.29) is 0 Å². The largest absolute Gasteiger partial charge is 0.300 e. The third kappa shape index (κ3) is 2.74. The van der Waals surface area contributed by atoms with Gasteiger partial charge >= 0.3 is 0 Å². The third-order valence-corrected chi connectivity index (χ3v) is 4.01. The van der Waals surface area contributed by atoms with Gasteiger partial charge in [-0.2, -0.15) is 0 Å². The molecule has 0 amide bonds. The lowest BCUT2D eigenvalue weighted by Gasteiger charge is -2.34. The maximum absolute atomic E-state index is 3.54. The number of halogens is 1. The van der Waals surface area contributed by atoms with E-state index >= 15 is 0 Å². The van der Waals surface area contributed by atoms with Gasteiger partial charge in [-0.3, -0.25) is 4.90 Å². The molecule has 1 saturated carbocycles. The Kier molecular flexibility index (Phi) is 4.59. The molecule has 0 saturated heterocycles. The first-order valence-corrected chi connectivity index (χ1v) is 6.15. The van der Waals surface area contributed by atoms with Gasteiger partial charge in [0.1, 0.15) is 0 Å². The van der Waals surface area contributed by atoms with E-state index in [1.165, 1.54) is 32.1 Å². The molecule has 12 heavy (non-hydrogen) atoms. The SMILES string of the molecule is CC(CBr)N(C)C1CCCCC1. The van der Waals surface area contributed by atoms with E-state index in [1.54, 1.807) is 0 Å². The molecular formula is C10H20BrN. The van der Waals surface area contributed by atoms with Gasteiger partial charge in [0.15, 0.2) is 0 Å². The molecule has 2 heteroatoms. The van der Waals surface area contributed by atoms with Gasteiger partial charge in [0.2, 0.25) is 0 Å².